The van der Waals surface area contributed by atoms with Crippen LogP contribution in [0.4, 0.5) is 5.13 Å². The average Bonchev–Trinajstić information content (AvgIpc) is 2.94. The van der Waals surface area contributed by atoms with Crippen LogP contribution >= 0.6 is 11.3 Å². The monoisotopic (exact) mass is 321 g/mol. The summed E-state index contributed by atoms with van der Waals surface area (Å²) in [7, 11) is 0. The summed E-state index contributed by atoms with van der Waals surface area (Å²) in [5.74, 6) is -0.606. The minimum absolute atomic E-state index is 0.0820. The van der Waals surface area contributed by atoms with E-state index in [1.54, 1.807) is 0 Å². The van der Waals surface area contributed by atoms with E-state index < -0.39 is 5.97 Å². The van der Waals surface area contributed by atoms with E-state index in [1.807, 2.05) is 30.3 Å². The van der Waals surface area contributed by atoms with Crippen molar-refractivity contribution < 1.29 is 19.4 Å². The molecule has 0 spiro atoms. The molecule has 116 valence electrons. The minimum Gasteiger partial charge on any atom is -0.493 e. The molecule has 2 N–H and O–H groups in total. The molecule has 0 bridgehead atoms. The summed E-state index contributed by atoms with van der Waals surface area (Å²) in [6, 6.07) is 9.44. The number of aliphatic carboxylic acids is 1. The fraction of sp³-hybridized carbons (Fsp3) is 0.286. The van der Waals surface area contributed by atoms with Gasteiger partial charge in [-0.2, -0.15) is 0 Å². The molecule has 1 amide bonds. The number of carbonyl (C=O) groups excluding carboxylic acids is 1. The predicted molar refractivity (Wildman–Crippen MR) is 81.0 cm³/mol. The Morgan fingerprint density at radius 2 is 1.95 bits per heavy atom. The molecular weight excluding hydrogens is 306 g/mol. The molecule has 0 saturated heterocycles. The molecule has 2 aromatic rings. The zero-order chi connectivity index (χ0) is 15.8. The van der Waals surface area contributed by atoms with Crippen molar-refractivity contribution in [1.29, 1.82) is 0 Å². The topological polar surface area (TPSA) is 101 Å². The fourth-order valence-corrected chi connectivity index (χ4v) is 2.32. The molecule has 1 aromatic carbocycles. The Kier molecular flexibility index (Phi) is 5.84. The van der Waals surface area contributed by atoms with Crippen LogP contribution in [-0.2, 0) is 16.0 Å². The van der Waals surface area contributed by atoms with Crippen molar-refractivity contribution >= 4 is 28.3 Å². The van der Waals surface area contributed by atoms with Crippen LogP contribution in [0, 0.1) is 0 Å². The van der Waals surface area contributed by atoms with Gasteiger partial charge in [0.15, 0.2) is 0 Å². The summed E-state index contributed by atoms with van der Waals surface area (Å²) >= 11 is 1.25. The van der Waals surface area contributed by atoms with Gasteiger partial charge in [-0.25, -0.2) is 0 Å². The van der Waals surface area contributed by atoms with Gasteiger partial charge in [-0.1, -0.05) is 29.5 Å². The first-order valence-corrected chi connectivity index (χ1v) is 7.47. The standard InChI is InChI=1S/C14H15N3O4S/c18-11(6-7-13(19)20)15-14-17-16-12(22-14)8-9-21-10-4-2-1-3-5-10/h1-5H,6-9H2,(H,19,20)(H,15,17,18). The Bertz CT molecular complexity index is 630. The van der Waals surface area contributed by atoms with E-state index in [2.05, 4.69) is 15.5 Å². The lowest BCUT2D eigenvalue weighted by atomic mass is 10.3. The van der Waals surface area contributed by atoms with Crippen LogP contribution < -0.4 is 10.1 Å². The van der Waals surface area contributed by atoms with Crippen LogP contribution in [0.1, 0.15) is 17.8 Å². The lowest BCUT2D eigenvalue weighted by molar-refractivity contribution is -0.138. The van der Waals surface area contributed by atoms with Crippen LogP contribution in [0.25, 0.3) is 0 Å². The number of nitrogens with one attached hydrogen (secondary N) is 1. The van der Waals surface area contributed by atoms with Gasteiger partial charge in [-0.05, 0) is 12.1 Å². The van der Waals surface area contributed by atoms with Gasteiger partial charge in [0.25, 0.3) is 0 Å². The highest BCUT2D eigenvalue weighted by molar-refractivity contribution is 7.15. The molecule has 0 saturated carbocycles. The molecule has 22 heavy (non-hydrogen) atoms. The van der Waals surface area contributed by atoms with Crippen molar-refractivity contribution in [2.24, 2.45) is 0 Å². The zero-order valence-electron chi connectivity index (χ0n) is 11.7. The molecule has 7 nitrogen and oxygen atoms in total. The van der Waals surface area contributed by atoms with Gasteiger partial charge in [0.1, 0.15) is 10.8 Å². The number of anilines is 1. The highest BCUT2D eigenvalue weighted by Crippen LogP contribution is 2.17. The molecule has 0 radical (unpaired) electrons. The van der Waals surface area contributed by atoms with Gasteiger partial charge < -0.3 is 15.2 Å². The minimum atomic E-state index is -1.01. The van der Waals surface area contributed by atoms with Crippen LogP contribution in [0.3, 0.4) is 0 Å². The van der Waals surface area contributed by atoms with E-state index in [0.717, 1.165) is 10.8 Å². The average molecular weight is 321 g/mol. The number of carboxylic acid groups (broad SMARTS) is 1. The first-order chi connectivity index (χ1) is 10.6. The van der Waals surface area contributed by atoms with Gasteiger partial charge in [-0.15, -0.1) is 10.2 Å². The van der Waals surface area contributed by atoms with E-state index in [9.17, 15) is 9.59 Å². The maximum absolute atomic E-state index is 11.5. The van der Waals surface area contributed by atoms with Crippen LogP contribution in [0.2, 0.25) is 0 Å². The smallest absolute Gasteiger partial charge is 0.303 e. The summed E-state index contributed by atoms with van der Waals surface area (Å²) in [4.78, 5) is 21.8. The van der Waals surface area contributed by atoms with Gasteiger partial charge in [0.05, 0.1) is 13.0 Å². The number of benzene rings is 1. The second kappa shape index (κ2) is 8.08. The number of para-hydroxylation sites is 1. The van der Waals surface area contributed by atoms with E-state index in [0.29, 0.717) is 18.2 Å². The Labute approximate surface area is 131 Å². The van der Waals surface area contributed by atoms with Crippen LogP contribution in [0.15, 0.2) is 30.3 Å². The third-order valence-electron chi connectivity index (χ3n) is 2.61. The van der Waals surface area contributed by atoms with Crippen molar-refractivity contribution in [1.82, 2.24) is 10.2 Å². The SMILES string of the molecule is O=C(O)CCC(=O)Nc1nnc(CCOc2ccccc2)s1. The van der Waals surface area contributed by atoms with Crippen LogP contribution in [0.5, 0.6) is 5.75 Å². The number of nitrogens with zero attached hydrogens (tertiary/aromatic N) is 2. The fourth-order valence-electron chi connectivity index (χ4n) is 1.58. The molecule has 0 aliphatic carbocycles. The maximum Gasteiger partial charge on any atom is 0.303 e. The van der Waals surface area contributed by atoms with Crippen molar-refractivity contribution in [2.75, 3.05) is 11.9 Å². The highest BCUT2D eigenvalue weighted by Gasteiger charge is 2.10. The molecule has 1 heterocycles. The normalized spacial score (nSPS) is 10.2. The Balaban J connectivity index is 1.74. The molecule has 0 atom stereocenters. The van der Waals surface area contributed by atoms with E-state index in [4.69, 9.17) is 9.84 Å². The van der Waals surface area contributed by atoms with E-state index >= 15 is 0 Å². The molecule has 0 fully saturated rings. The third kappa shape index (κ3) is 5.49. The molecule has 0 aliphatic rings. The second-order valence-corrected chi connectivity index (χ2v) is 5.42. The molecule has 8 heteroatoms. The lowest BCUT2D eigenvalue weighted by Crippen LogP contribution is -2.12. The number of rotatable bonds is 8. The number of amides is 1. The zero-order valence-corrected chi connectivity index (χ0v) is 12.5. The Morgan fingerprint density at radius 1 is 1.18 bits per heavy atom. The largest absolute Gasteiger partial charge is 0.493 e. The number of aromatic nitrogens is 2. The summed E-state index contributed by atoms with van der Waals surface area (Å²) in [5.41, 5.74) is 0. The number of hydrogen-bond donors (Lipinski definition) is 2. The summed E-state index contributed by atoms with van der Waals surface area (Å²) in [5, 5.41) is 19.9. The molecule has 1 aromatic heterocycles. The number of carboxylic acids is 1. The van der Waals surface area contributed by atoms with E-state index in [1.165, 1.54) is 11.3 Å². The van der Waals surface area contributed by atoms with Gasteiger partial charge in [-0.3, -0.25) is 9.59 Å². The van der Waals surface area contributed by atoms with Gasteiger partial charge >= 0.3 is 5.97 Å². The Hall–Kier alpha value is -2.48. The summed E-state index contributed by atoms with van der Waals surface area (Å²) in [6.45, 7) is 0.464. The van der Waals surface area contributed by atoms with Crippen molar-refractivity contribution in [3.63, 3.8) is 0 Å². The van der Waals surface area contributed by atoms with Crippen molar-refractivity contribution in [3.8, 4) is 5.75 Å². The molecule has 2 rings (SSSR count). The maximum atomic E-state index is 11.5. The lowest BCUT2D eigenvalue weighted by Gasteiger charge is -2.03. The first-order valence-electron chi connectivity index (χ1n) is 6.65. The Morgan fingerprint density at radius 3 is 2.68 bits per heavy atom. The molecule has 0 aliphatic heterocycles. The number of carbonyl (C=O) groups is 2. The molecular formula is C14H15N3O4S. The first kappa shape index (κ1) is 15.9. The number of ether oxygens (including phenoxy) is 1. The number of hydrogen-bond acceptors (Lipinski definition) is 6. The summed E-state index contributed by atoms with van der Waals surface area (Å²) in [6.07, 6.45) is 0.293. The summed E-state index contributed by atoms with van der Waals surface area (Å²) < 4.78 is 5.55. The predicted octanol–water partition coefficient (Wildman–Crippen LogP) is 1.96. The van der Waals surface area contributed by atoms with Crippen molar-refractivity contribution in [2.45, 2.75) is 19.3 Å². The quantitative estimate of drug-likeness (QED) is 0.770. The van der Waals surface area contributed by atoms with Gasteiger partial charge in [0.2, 0.25) is 11.0 Å². The van der Waals surface area contributed by atoms with Crippen LogP contribution in [-0.4, -0.2) is 33.8 Å². The van der Waals surface area contributed by atoms with E-state index in [-0.39, 0.29) is 18.7 Å². The molecule has 0 unspecified atom stereocenters. The highest BCUT2D eigenvalue weighted by atomic mass is 32.1. The third-order valence-corrected chi connectivity index (χ3v) is 3.51. The van der Waals surface area contributed by atoms with Crippen molar-refractivity contribution in [3.05, 3.63) is 35.3 Å². The second-order valence-electron chi connectivity index (χ2n) is 4.35. The van der Waals surface area contributed by atoms with Gasteiger partial charge in [0, 0.05) is 12.8 Å².